The van der Waals surface area contributed by atoms with Gasteiger partial charge in [-0.15, -0.1) is 0 Å². The van der Waals surface area contributed by atoms with E-state index < -0.39 is 5.41 Å². The first-order valence-electron chi connectivity index (χ1n) is 19.1. The van der Waals surface area contributed by atoms with Gasteiger partial charge in [-0.25, -0.2) is 9.97 Å². The fourth-order valence-electron chi connectivity index (χ4n) is 8.96. The van der Waals surface area contributed by atoms with E-state index in [4.69, 9.17) is 14.4 Å². The highest BCUT2D eigenvalue weighted by molar-refractivity contribution is 6.10. The number of nitrogens with zero attached hydrogens (tertiary/aromatic N) is 2. The van der Waals surface area contributed by atoms with E-state index in [9.17, 15) is 0 Å². The molecule has 56 heavy (non-hydrogen) atoms. The normalized spacial score (nSPS) is 12.8. The van der Waals surface area contributed by atoms with Crippen LogP contribution in [-0.4, -0.2) is 9.97 Å². The Morgan fingerprint density at radius 1 is 0.357 bits per heavy atom. The molecule has 2 aromatic heterocycles. The molecule has 3 nitrogen and oxygen atoms in total. The first kappa shape index (κ1) is 32.1. The van der Waals surface area contributed by atoms with Crippen LogP contribution >= 0.6 is 0 Å². The van der Waals surface area contributed by atoms with Gasteiger partial charge in [0, 0.05) is 33.0 Å². The second-order valence-corrected chi connectivity index (χ2v) is 14.4. The van der Waals surface area contributed by atoms with Crippen LogP contribution in [0.1, 0.15) is 22.3 Å². The first-order valence-corrected chi connectivity index (χ1v) is 19.1. The van der Waals surface area contributed by atoms with Crippen molar-refractivity contribution in [3.8, 4) is 56.2 Å². The smallest absolute Gasteiger partial charge is 0.160 e. The lowest BCUT2D eigenvalue weighted by Crippen LogP contribution is -2.28. The minimum absolute atomic E-state index is 0.463. The Morgan fingerprint density at radius 3 is 1.70 bits per heavy atom. The third-order valence-electron chi connectivity index (χ3n) is 11.4. The van der Waals surface area contributed by atoms with Gasteiger partial charge in [0.05, 0.1) is 16.8 Å². The maximum atomic E-state index is 6.53. The molecule has 2 heterocycles. The van der Waals surface area contributed by atoms with Crippen molar-refractivity contribution in [3.05, 3.63) is 229 Å². The van der Waals surface area contributed by atoms with E-state index in [0.717, 1.165) is 61.1 Å². The van der Waals surface area contributed by atoms with Gasteiger partial charge in [0.1, 0.15) is 11.2 Å². The molecular weight excluding hydrogens is 681 g/mol. The number of benzene rings is 8. The van der Waals surface area contributed by atoms with E-state index >= 15 is 0 Å². The molecule has 0 saturated carbocycles. The maximum Gasteiger partial charge on any atom is 0.160 e. The van der Waals surface area contributed by atoms with Crippen LogP contribution in [0.2, 0.25) is 0 Å². The fraction of sp³-hybridized carbons (Fsp3) is 0.0189. The number of hydrogen-bond acceptors (Lipinski definition) is 3. The highest BCUT2D eigenvalue weighted by Gasteiger charge is 2.46. The highest BCUT2D eigenvalue weighted by atomic mass is 16.3. The minimum atomic E-state index is -0.463. The zero-order valence-corrected chi connectivity index (χ0v) is 30.4. The van der Waals surface area contributed by atoms with Crippen LogP contribution < -0.4 is 0 Å². The second kappa shape index (κ2) is 12.9. The van der Waals surface area contributed by atoms with Crippen molar-refractivity contribution in [1.82, 2.24) is 9.97 Å². The maximum absolute atomic E-state index is 6.53. The summed E-state index contributed by atoms with van der Waals surface area (Å²) < 4.78 is 6.53. The van der Waals surface area contributed by atoms with Crippen molar-refractivity contribution < 1.29 is 4.42 Å². The molecule has 0 spiro atoms. The van der Waals surface area contributed by atoms with Crippen LogP contribution in [0, 0.1) is 0 Å². The van der Waals surface area contributed by atoms with Gasteiger partial charge in [-0.1, -0.05) is 188 Å². The summed E-state index contributed by atoms with van der Waals surface area (Å²) in [6.45, 7) is 0. The van der Waals surface area contributed by atoms with Crippen molar-refractivity contribution in [1.29, 1.82) is 0 Å². The van der Waals surface area contributed by atoms with Crippen molar-refractivity contribution in [2.45, 2.75) is 5.41 Å². The Hall–Kier alpha value is -7.36. The largest absolute Gasteiger partial charge is 0.455 e. The van der Waals surface area contributed by atoms with Gasteiger partial charge >= 0.3 is 0 Å². The van der Waals surface area contributed by atoms with Gasteiger partial charge in [-0.3, -0.25) is 0 Å². The molecular formula is C53H34N2O. The quantitative estimate of drug-likeness (QED) is 0.172. The molecule has 0 saturated heterocycles. The lowest BCUT2D eigenvalue weighted by molar-refractivity contribution is 0.670. The van der Waals surface area contributed by atoms with Crippen LogP contribution in [0.15, 0.2) is 211 Å². The number of para-hydroxylation sites is 2. The summed E-state index contributed by atoms with van der Waals surface area (Å²) >= 11 is 0. The van der Waals surface area contributed by atoms with Crippen molar-refractivity contribution in [2.24, 2.45) is 0 Å². The molecule has 262 valence electrons. The summed E-state index contributed by atoms with van der Waals surface area (Å²) in [7, 11) is 0. The van der Waals surface area contributed by atoms with E-state index in [-0.39, 0.29) is 0 Å². The van der Waals surface area contributed by atoms with E-state index in [1.165, 1.54) is 33.4 Å². The summed E-state index contributed by atoms with van der Waals surface area (Å²) in [6.07, 6.45) is 0. The van der Waals surface area contributed by atoms with E-state index in [1.807, 2.05) is 30.3 Å². The Kier molecular flexibility index (Phi) is 7.39. The molecule has 1 aliphatic carbocycles. The molecule has 0 unspecified atom stereocenters. The third kappa shape index (κ3) is 4.91. The van der Waals surface area contributed by atoms with Crippen LogP contribution in [0.25, 0.3) is 78.1 Å². The number of rotatable bonds is 6. The first-order chi connectivity index (χ1) is 27.8. The van der Waals surface area contributed by atoms with Gasteiger partial charge in [0.2, 0.25) is 0 Å². The zero-order valence-electron chi connectivity index (χ0n) is 30.4. The van der Waals surface area contributed by atoms with Gasteiger partial charge < -0.3 is 4.42 Å². The predicted octanol–water partition coefficient (Wildman–Crippen LogP) is 13.4. The van der Waals surface area contributed by atoms with Gasteiger partial charge in [-0.2, -0.15) is 0 Å². The topological polar surface area (TPSA) is 38.9 Å². The fourth-order valence-corrected chi connectivity index (χ4v) is 8.96. The van der Waals surface area contributed by atoms with Crippen LogP contribution in [0.5, 0.6) is 0 Å². The second-order valence-electron chi connectivity index (χ2n) is 14.4. The molecule has 0 bridgehead atoms. The summed E-state index contributed by atoms with van der Waals surface area (Å²) in [6, 6.07) is 73.2. The highest BCUT2D eigenvalue weighted by Crippen LogP contribution is 2.56. The average molecular weight is 715 g/mol. The van der Waals surface area contributed by atoms with Crippen molar-refractivity contribution in [3.63, 3.8) is 0 Å². The van der Waals surface area contributed by atoms with Crippen LogP contribution in [0.4, 0.5) is 0 Å². The Bertz CT molecular complexity index is 3040. The molecule has 11 rings (SSSR count). The van der Waals surface area contributed by atoms with Crippen LogP contribution in [-0.2, 0) is 5.41 Å². The van der Waals surface area contributed by atoms with Crippen molar-refractivity contribution in [2.75, 3.05) is 0 Å². The molecule has 0 aliphatic heterocycles. The number of aromatic nitrogens is 2. The molecule has 10 aromatic rings. The Labute approximate surface area is 325 Å². The number of furan rings is 1. The molecule has 0 atom stereocenters. The lowest BCUT2D eigenvalue weighted by atomic mass is 9.67. The number of hydrogen-bond donors (Lipinski definition) is 0. The Morgan fingerprint density at radius 2 is 0.929 bits per heavy atom. The van der Waals surface area contributed by atoms with E-state index in [2.05, 4.69) is 176 Å². The molecule has 8 aromatic carbocycles. The van der Waals surface area contributed by atoms with E-state index in [1.54, 1.807) is 0 Å². The zero-order chi connectivity index (χ0) is 37.1. The standard InChI is InChI=1S/C53H34N2O/c1-4-17-35(18-5-1)52-54-48(34-49(55-52)41-25-11-10-23-39(41)43-27-16-28-44-42-26-13-15-30-50(42)56-51(43)44)36-31-32-47-45(33-36)40-24-12-14-29-46(40)53(47,37-19-6-2-7-20-37)38-21-8-3-9-22-38/h1-34H. The molecule has 0 fully saturated rings. The summed E-state index contributed by atoms with van der Waals surface area (Å²) in [5, 5.41) is 2.21. The summed E-state index contributed by atoms with van der Waals surface area (Å²) in [5.41, 5.74) is 15.6. The van der Waals surface area contributed by atoms with Gasteiger partial charge in [0.25, 0.3) is 0 Å². The molecule has 0 radical (unpaired) electrons. The summed E-state index contributed by atoms with van der Waals surface area (Å²) in [5.74, 6) is 0.679. The SMILES string of the molecule is c1ccc(-c2nc(-c3ccc4c(c3)-c3ccccc3C4(c3ccccc3)c3ccccc3)cc(-c3ccccc3-c3cccc4c3oc3ccccc34)n2)cc1. The third-order valence-corrected chi connectivity index (χ3v) is 11.4. The lowest BCUT2D eigenvalue weighted by Gasteiger charge is -2.33. The molecule has 3 heteroatoms. The van der Waals surface area contributed by atoms with Gasteiger partial charge in [-0.05, 0) is 57.1 Å². The minimum Gasteiger partial charge on any atom is -0.455 e. The van der Waals surface area contributed by atoms with E-state index in [0.29, 0.717) is 5.82 Å². The number of fused-ring (bicyclic) bond motifs is 6. The van der Waals surface area contributed by atoms with Crippen molar-refractivity contribution >= 4 is 21.9 Å². The average Bonchev–Trinajstić information content (AvgIpc) is 3.81. The summed E-state index contributed by atoms with van der Waals surface area (Å²) in [4.78, 5) is 10.6. The molecule has 0 N–H and O–H groups in total. The molecule has 1 aliphatic rings. The van der Waals surface area contributed by atoms with Gasteiger partial charge in [0.15, 0.2) is 5.82 Å². The predicted molar refractivity (Wildman–Crippen MR) is 228 cm³/mol. The van der Waals surface area contributed by atoms with Crippen LogP contribution in [0.3, 0.4) is 0 Å². The monoisotopic (exact) mass is 714 g/mol. The Balaban J connectivity index is 1.13. The molecule has 0 amide bonds.